The van der Waals surface area contributed by atoms with E-state index in [0.29, 0.717) is 0 Å². The van der Waals surface area contributed by atoms with Crippen LogP contribution < -0.4 is 16.0 Å². The van der Waals surface area contributed by atoms with E-state index in [1.807, 2.05) is 6.07 Å². The SMILES string of the molecule is C=C1NC(=O)N[C@H](c2cccc(Br)c2)[C@@H]1C(=O)Nc1cccc([N+](=O)[O-])c1. The first-order valence-electron chi connectivity index (χ1n) is 7.92. The third kappa shape index (κ3) is 4.14. The Kier molecular flexibility index (Phi) is 5.22. The van der Waals surface area contributed by atoms with E-state index in [-0.39, 0.29) is 17.1 Å². The number of nitrogens with zero attached hydrogens (tertiary/aromatic N) is 1. The highest BCUT2D eigenvalue weighted by atomic mass is 79.9. The normalized spacial score (nSPS) is 19.0. The van der Waals surface area contributed by atoms with Crippen molar-refractivity contribution in [2.24, 2.45) is 5.92 Å². The molecule has 1 fully saturated rings. The maximum atomic E-state index is 12.9. The van der Waals surface area contributed by atoms with E-state index in [1.165, 1.54) is 18.2 Å². The Labute approximate surface area is 162 Å². The van der Waals surface area contributed by atoms with Gasteiger partial charge in [-0.1, -0.05) is 40.7 Å². The molecule has 2 atom stereocenters. The van der Waals surface area contributed by atoms with Gasteiger partial charge in [-0.3, -0.25) is 14.9 Å². The molecule has 3 rings (SSSR count). The van der Waals surface area contributed by atoms with Gasteiger partial charge in [-0.2, -0.15) is 0 Å². The molecule has 0 saturated carbocycles. The van der Waals surface area contributed by atoms with Gasteiger partial charge in [-0.25, -0.2) is 4.79 Å². The molecule has 0 aromatic heterocycles. The van der Waals surface area contributed by atoms with Crippen molar-refractivity contribution in [3.63, 3.8) is 0 Å². The molecule has 1 heterocycles. The van der Waals surface area contributed by atoms with E-state index < -0.39 is 28.8 Å². The van der Waals surface area contributed by atoms with Gasteiger partial charge in [-0.15, -0.1) is 0 Å². The topological polar surface area (TPSA) is 113 Å². The summed E-state index contributed by atoms with van der Waals surface area (Å²) in [6.45, 7) is 3.80. The first kappa shape index (κ1) is 18.6. The smallest absolute Gasteiger partial charge is 0.319 e. The van der Waals surface area contributed by atoms with E-state index in [2.05, 4.69) is 38.5 Å². The number of carbonyl (C=O) groups is 2. The number of hydrogen-bond acceptors (Lipinski definition) is 4. The van der Waals surface area contributed by atoms with Crippen LogP contribution >= 0.6 is 15.9 Å². The Hall–Kier alpha value is -3.20. The quantitative estimate of drug-likeness (QED) is 0.508. The van der Waals surface area contributed by atoms with Crippen molar-refractivity contribution in [3.8, 4) is 0 Å². The molecule has 8 nitrogen and oxygen atoms in total. The maximum Gasteiger partial charge on any atom is 0.319 e. The summed E-state index contributed by atoms with van der Waals surface area (Å²) in [5.74, 6) is -1.26. The number of nitro groups is 1. The lowest BCUT2D eigenvalue weighted by Crippen LogP contribution is -2.51. The van der Waals surface area contributed by atoms with Crippen molar-refractivity contribution in [2.45, 2.75) is 6.04 Å². The number of rotatable bonds is 4. The Balaban J connectivity index is 1.90. The van der Waals surface area contributed by atoms with Crippen LogP contribution in [0, 0.1) is 16.0 Å². The van der Waals surface area contributed by atoms with Crippen LogP contribution in [-0.2, 0) is 4.79 Å². The molecule has 0 radical (unpaired) electrons. The fourth-order valence-electron chi connectivity index (χ4n) is 2.89. The molecule has 1 aliphatic heterocycles. The number of non-ortho nitro benzene ring substituents is 1. The lowest BCUT2D eigenvalue weighted by molar-refractivity contribution is -0.384. The van der Waals surface area contributed by atoms with E-state index in [1.54, 1.807) is 24.3 Å². The summed E-state index contributed by atoms with van der Waals surface area (Å²) in [5, 5.41) is 18.8. The Morgan fingerprint density at radius 3 is 2.67 bits per heavy atom. The second kappa shape index (κ2) is 7.58. The van der Waals surface area contributed by atoms with Crippen molar-refractivity contribution < 1.29 is 14.5 Å². The van der Waals surface area contributed by atoms with Crippen molar-refractivity contribution in [2.75, 3.05) is 5.32 Å². The highest BCUT2D eigenvalue weighted by molar-refractivity contribution is 9.10. The van der Waals surface area contributed by atoms with Gasteiger partial charge < -0.3 is 16.0 Å². The third-order valence-electron chi connectivity index (χ3n) is 4.08. The molecule has 0 aliphatic carbocycles. The molecule has 138 valence electrons. The number of halogens is 1. The number of hydrogen-bond donors (Lipinski definition) is 3. The summed E-state index contributed by atoms with van der Waals surface area (Å²) >= 11 is 3.38. The standard InChI is InChI=1S/C18H15BrN4O4/c1-10-15(17(24)21-13-6-3-7-14(9-13)23(26)27)16(22-18(25)20-10)11-4-2-5-12(19)8-11/h2-9,15-16H,1H2,(H,21,24)(H2,20,22,25)/t15-,16-/m1/s1. The summed E-state index contributed by atoms with van der Waals surface area (Å²) in [4.78, 5) is 35.2. The number of nitrogens with one attached hydrogen (secondary N) is 3. The minimum absolute atomic E-state index is 0.134. The number of urea groups is 1. The van der Waals surface area contributed by atoms with Gasteiger partial charge in [0, 0.05) is 28.0 Å². The van der Waals surface area contributed by atoms with Gasteiger partial charge in [-0.05, 0) is 23.8 Å². The van der Waals surface area contributed by atoms with Gasteiger partial charge >= 0.3 is 6.03 Å². The van der Waals surface area contributed by atoms with Crippen molar-refractivity contribution in [1.82, 2.24) is 10.6 Å². The maximum absolute atomic E-state index is 12.9. The zero-order valence-electron chi connectivity index (χ0n) is 13.9. The zero-order chi connectivity index (χ0) is 19.6. The second-order valence-corrected chi connectivity index (χ2v) is 6.85. The lowest BCUT2D eigenvalue weighted by Gasteiger charge is -2.34. The molecule has 2 aromatic rings. The van der Waals surface area contributed by atoms with Crippen LogP contribution in [0.5, 0.6) is 0 Å². The molecule has 27 heavy (non-hydrogen) atoms. The summed E-state index contributed by atoms with van der Waals surface area (Å²) in [6, 6.07) is 11.8. The predicted octanol–water partition coefficient (Wildman–Crippen LogP) is 3.48. The van der Waals surface area contributed by atoms with E-state index in [9.17, 15) is 19.7 Å². The number of nitro benzene ring substituents is 1. The van der Waals surface area contributed by atoms with Crippen LogP contribution in [0.2, 0.25) is 0 Å². The van der Waals surface area contributed by atoms with Crippen molar-refractivity contribution >= 4 is 39.2 Å². The van der Waals surface area contributed by atoms with Crippen LogP contribution in [0.25, 0.3) is 0 Å². The number of benzene rings is 2. The van der Waals surface area contributed by atoms with Gasteiger partial charge in [0.05, 0.1) is 11.0 Å². The van der Waals surface area contributed by atoms with Crippen LogP contribution in [0.4, 0.5) is 16.2 Å². The summed E-state index contributed by atoms with van der Waals surface area (Å²) in [7, 11) is 0. The van der Waals surface area contributed by atoms with Crippen LogP contribution in [-0.4, -0.2) is 16.9 Å². The van der Waals surface area contributed by atoms with Crippen LogP contribution in [0.1, 0.15) is 11.6 Å². The first-order chi connectivity index (χ1) is 12.8. The molecule has 0 bridgehead atoms. The van der Waals surface area contributed by atoms with Crippen LogP contribution in [0.15, 0.2) is 65.3 Å². The lowest BCUT2D eigenvalue weighted by atomic mass is 9.88. The largest absolute Gasteiger partial charge is 0.330 e. The summed E-state index contributed by atoms with van der Waals surface area (Å²) in [5.41, 5.74) is 1.11. The van der Waals surface area contributed by atoms with Crippen molar-refractivity contribution in [1.29, 1.82) is 0 Å². The summed E-state index contributed by atoms with van der Waals surface area (Å²) in [6.07, 6.45) is 0. The molecule has 1 saturated heterocycles. The minimum Gasteiger partial charge on any atom is -0.330 e. The summed E-state index contributed by atoms with van der Waals surface area (Å²) < 4.78 is 0.802. The van der Waals surface area contributed by atoms with Crippen molar-refractivity contribution in [3.05, 3.63) is 81.0 Å². The van der Waals surface area contributed by atoms with Gasteiger partial charge in [0.2, 0.25) is 5.91 Å². The third-order valence-corrected chi connectivity index (χ3v) is 4.58. The van der Waals surface area contributed by atoms with E-state index in [4.69, 9.17) is 0 Å². The minimum atomic E-state index is -0.809. The fourth-order valence-corrected chi connectivity index (χ4v) is 3.31. The molecule has 9 heteroatoms. The van der Waals surface area contributed by atoms with Crippen LogP contribution in [0.3, 0.4) is 0 Å². The number of amides is 3. The first-order valence-corrected chi connectivity index (χ1v) is 8.71. The van der Waals surface area contributed by atoms with E-state index in [0.717, 1.165) is 10.0 Å². The molecule has 3 N–H and O–H groups in total. The molecular weight excluding hydrogens is 416 g/mol. The fraction of sp³-hybridized carbons (Fsp3) is 0.111. The Morgan fingerprint density at radius 2 is 1.96 bits per heavy atom. The molecule has 2 aromatic carbocycles. The predicted molar refractivity (Wildman–Crippen MR) is 103 cm³/mol. The molecule has 0 spiro atoms. The van der Waals surface area contributed by atoms with Gasteiger partial charge in [0.1, 0.15) is 5.92 Å². The highest BCUT2D eigenvalue weighted by Gasteiger charge is 2.37. The molecule has 3 amide bonds. The average Bonchev–Trinajstić information content (AvgIpc) is 2.61. The highest BCUT2D eigenvalue weighted by Crippen LogP contribution is 2.32. The zero-order valence-corrected chi connectivity index (χ0v) is 15.5. The average molecular weight is 431 g/mol. The number of carbonyl (C=O) groups excluding carboxylic acids is 2. The van der Waals surface area contributed by atoms with Gasteiger partial charge in [0.25, 0.3) is 5.69 Å². The van der Waals surface area contributed by atoms with E-state index >= 15 is 0 Å². The monoisotopic (exact) mass is 430 g/mol. The number of anilines is 1. The second-order valence-electron chi connectivity index (χ2n) is 5.93. The Morgan fingerprint density at radius 1 is 1.22 bits per heavy atom. The molecule has 1 aliphatic rings. The molecular formula is C18H15BrN4O4. The van der Waals surface area contributed by atoms with Gasteiger partial charge in [0.15, 0.2) is 0 Å². The Bertz CT molecular complexity index is 946. The molecule has 0 unspecified atom stereocenters.